The number of para-hydroxylation sites is 1. The molecule has 0 unspecified atom stereocenters. The summed E-state index contributed by atoms with van der Waals surface area (Å²) in [5.74, 6) is 0.765. The van der Waals surface area contributed by atoms with Crippen LogP contribution in [0, 0.1) is 0 Å². The monoisotopic (exact) mass is 322 g/mol. The molecule has 0 saturated carbocycles. The molecule has 1 aliphatic rings. The maximum atomic E-state index is 6.25. The molecule has 0 spiro atoms. The molecule has 21 heavy (non-hydrogen) atoms. The third-order valence-corrected chi connectivity index (χ3v) is 4.17. The highest BCUT2D eigenvalue weighted by Crippen LogP contribution is 2.28. The van der Waals surface area contributed by atoms with Crippen LogP contribution in [0.5, 0.6) is 0 Å². The van der Waals surface area contributed by atoms with E-state index in [1.54, 1.807) is 12.1 Å². The summed E-state index contributed by atoms with van der Waals surface area (Å²) < 4.78 is 0. The molecule has 1 aromatic heterocycles. The number of hydrogen-bond donors (Lipinski definition) is 1. The van der Waals surface area contributed by atoms with Gasteiger partial charge in [0.1, 0.15) is 5.15 Å². The Balaban J connectivity index is 1.73. The van der Waals surface area contributed by atoms with Crippen LogP contribution in [0.4, 0.5) is 17.2 Å². The van der Waals surface area contributed by atoms with E-state index in [-0.39, 0.29) is 0 Å². The van der Waals surface area contributed by atoms with E-state index in [9.17, 15) is 0 Å². The Morgan fingerprint density at radius 1 is 0.905 bits per heavy atom. The maximum absolute atomic E-state index is 6.25. The summed E-state index contributed by atoms with van der Waals surface area (Å²) in [7, 11) is 0. The lowest BCUT2D eigenvalue weighted by atomic mass is 10.2. The minimum absolute atomic E-state index is 0.465. The normalized spacial score (nSPS) is 15.3. The Bertz CT molecular complexity index is 639. The van der Waals surface area contributed by atoms with Gasteiger partial charge < -0.3 is 15.5 Å². The molecule has 1 fully saturated rings. The van der Waals surface area contributed by atoms with Gasteiger partial charge in [-0.1, -0.05) is 35.3 Å². The van der Waals surface area contributed by atoms with Gasteiger partial charge in [0.25, 0.3) is 0 Å². The van der Waals surface area contributed by atoms with Crippen molar-refractivity contribution >= 4 is 40.4 Å². The Hall–Kier alpha value is -1.65. The summed E-state index contributed by atoms with van der Waals surface area (Å²) in [6.07, 6.45) is 0. The summed E-state index contributed by atoms with van der Waals surface area (Å²) in [5.41, 5.74) is 7.73. The smallest absolute Gasteiger partial charge is 0.153 e. The highest BCUT2D eigenvalue weighted by Gasteiger charge is 2.21. The summed E-state index contributed by atoms with van der Waals surface area (Å²) in [6, 6.07) is 11.4. The zero-order valence-corrected chi connectivity index (χ0v) is 13.0. The fraction of sp³-hybridized carbons (Fsp3) is 0.267. The minimum Gasteiger partial charge on any atom is -0.396 e. The molecular weight excluding hydrogens is 307 g/mol. The lowest BCUT2D eigenvalue weighted by molar-refractivity contribution is 0.648. The van der Waals surface area contributed by atoms with E-state index in [1.807, 2.05) is 24.3 Å². The molecule has 0 atom stereocenters. The molecular formula is C15H16Cl2N4. The van der Waals surface area contributed by atoms with E-state index in [0.29, 0.717) is 10.8 Å². The summed E-state index contributed by atoms with van der Waals surface area (Å²) in [4.78, 5) is 8.77. The van der Waals surface area contributed by atoms with E-state index in [2.05, 4.69) is 14.8 Å². The summed E-state index contributed by atoms with van der Waals surface area (Å²) in [6.45, 7) is 3.42. The van der Waals surface area contributed by atoms with Crippen molar-refractivity contribution < 1.29 is 0 Å². The van der Waals surface area contributed by atoms with E-state index < -0.39 is 0 Å². The summed E-state index contributed by atoms with van der Waals surface area (Å²) >= 11 is 12.2. The lowest BCUT2D eigenvalue weighted by Crippen LogP contribution is -2.47. The fourth-order valence-electron chi connectivity index (χ4n) is 2.56. The standard InChI is InChI=1S/C15H16Cl2N4/c16-11-3-1-2-4-13(11)20-7-9-21(10-8-20)15-12(18)5-6-14(17)19-15/h1-6H,7-10,18H2. The molecule has 2 N–H and O–H groups in total. The van der Waals surface area contributed by atoms with Crippen molar-refractivity contribution in [1.29, 1.82) is 0 Å². The predicted molar refractivity (Wildman–Crippen MR) is 89.5 cm³/mol. The van der Waals surface area contributed by atoms with E-state index in [0.717, 1.165) is 42.7 Å². The molecule has 1 saturated heterocycles. The van der Waals surface area contributed by atoms with Crippen LogP contribution in [0.2, 0.25) is 10.2 Å². The molecule has 0 amide bonds. The van der Waals surface area contributed by atoms with Crippen LogP contribution in [-0.2, 0) is 0 Å². The molecule has 2 heterocycles. The van der Waals surface area contributed by atoms with Crippen LogP contribution in [0.25, 0.3) is 0 Å². The zero-order valence-electron chi connectivity index (χ0n) is 11.5. The number of rotatable bonds is 2. The SMILES string of the molecule is Nc1ccc(Cl)nc1N1CCN(c2ccccc2Cl)CC1. The topological polar surface area (TPSA) is 45.4 Å². The molecule has 1 aromatic carbocycles. The van der Waals surface area contributed by atoms with E-state index >= 15 is 0 Å². The molecule has 6 heteroatoms. The third-order valence-electron chi connectivity index (χ3n) is 3.64. The first-order valence-corrected chi connectivity index (χ1v) is 7.57. The van der Waals surface area contributed by atoms with Gasteiger partial charge in [0.15, 0.2) is 5.82 Å². The van der Waals surface area contributed by atoms with Crippen LogP contribution < -0.4 is 15.5 Å². The second kappa shape index (κ2) is 6.00. The van der Waals surface area contributed by atoms with Gasteiger partial charge in [-0.05, 0) is 24.3 Å². The largest absolute Gasteiger partial charge is 0.396 e. The number of nitrogens with zero attached hydrogens (tertiary/aromatic N) is 3. The van der Waals surface area contributed by atoms with Gasteiger partial charge in [0, 0.05) is 26.2 Å². The number of nitrogen functional groups attached to an aromatic ring is 1. The van der Waals surface area contributed by atoms with Crippen molar-refractivity contribution in [1.82, 2.24) is 4.98 Å². The van der Waals surface area contributed by atoms with Gasteiger partial charge in [-0.25, -0.2) is 4.98 Å². The number of piperazine rings is 1. The predicted octanol–water partition coefficient (Wildman–Crippen LogP) is 3.30. The maximum Gasteiger partial charge on any atom is 0.153 e. The fourth-order valence-corrected chi connectivity index (χ4v) is 2.95. The second-order valence-corrected chi connectivity index (χ2v) is 5.77. The molecule has 110 valence electrons. The number of pyridine rings is 1. The van der Waals surface area contributed by atoms with Crippen LogP contribution in [0.3, 0.4) is 0 Å². The molecule has 3 rings (SSSR count). The zero-order chi connectivity index (χ0) is 14.8. The number of halogens is 2. The molecule has 0 radical (unpaired) electrons. The van der Waals surface area contributed by atoms with Crippen molar-refractivity contribution in [3.63, 3.8) is 0 Å². The molecule has 2 aromatic rings. The van der Waals surface area contributed by atoms with Crippen LogP contribution >= 0.6 is 23.2 Å². The minimum atomic E-state index is 0.465. The first-order valence-electron chi connectivity index (χ1n) is 6.81. The van der Waals surface area contributed by atoms with Crippen molar-refractivity contribution in [3.8, 4) is 0 Å². The number of aromatic nitrogens is 1. The van der Waals surface area contributed by atoms with Gasteiger partial charge in [-0.2, -0.15) is 0 Å². The van der Waals surface area contributed by atoms with Gasteiger partial charge in [-0.15, -0.1) is 0 Å². The first kappa shape index (κ1) is 14.3. The Labute approximate surface area is 134 Å². The van der Waals surface area contributed by atoms with Crippen molar-refractivity contribution in [2.24, 2.45) is 0 Å². The highest BCUT2D eigenvalue weighted by atomic mass is 35.5. The van der Waals surface area contributed by atoms with Crippen molar-refractivity contribution in [2.75, 3.05) is 41.7 Å². The van der Waals surface area contributed by atoms with Gasteiger partial charge in [0.2, 0.25) is 0 Å². The van der Waals surface area contributed by atoms with Gasteiger partial charge in [-0.3, -0.25) is 0 Å². The Morgan fingerprint density at radius 2 is 1.57 bits per heavy atom. The van der Waals surface area contributed by atoms with Gasteiger partial charge >= 0.3 is 0 Å². The number of nitrogens with two attached hydrogens (primary N) is 1. The number of anilines is 3. The highest BCUT2D eigenvalue weighted by molar-refractivity contribution is 6.33. The Morgan fingerprint density at radius 3 is 2.29 bits per heavy atom. The van der Waals surface area contributed by atoms with E-state index in [1.165, 1.54) is 0 Å². The number of benzene rings is 1. The molecule has 0 aliphatic carbocycles. The molecule has 0 bridgehead atoms. The quantitative estimate of drug-likeness (QED) is 0.862. The first-order chi connectivity index (χ1) is 10.1. The average Bonchev–Trinajstić information content (AvgIpc) is 2.50. The van der Waals surface area contributed by atoms with Crippen molar-refractivity contribution in [2.45, 2.75) is 0 Å². The Kier molecular flexibility index (Phi) is 4.08. The van der Waals surface area contributed by atoms with Gasteiger partial charge in [0.05, 0.1) is 16.4 Å². The van der Waals surface area contributed by atoms with Crippen molar-refractivity contribution in [3.05, 3.63) is 46.6 Å². The van der Waals surface area contributed by atoms with Crippen LogP contribution in [0.15, 0.2) is 36.4 Å². The van der Waals surface area contributed by atoms with Crippen LogP contribution in [0.1, 0.15) is 0 Å². The average molecular weight is 323 g/mol. The third kappa shape index (κ3) is 3.01. The summed E-state index contributed by atoms with van der Waals surface area (Å²) in [5, 5.41) is 1.25. The molecule has 1 aliphatic heterocycles. The number of hydrogen-bond acceptors (Lipinski definition) is 4. The van der Waals surface area contributed by atoms with E-state index in [4.69, 9.17) is 28.9 Å². The second-order valence-electron chi connectivity index (χ2n) is 4.97. The molecule has 4 nitrogen and oxygen atoms in total. The van der Waals surface area contributed by atoms with Crippen LogP contribution in [-0.4, -0.2) is 31.2 Å². The lowest BCUT2D eigenvalue weighted by Gasteiger charge is -2.37.